The Kier molecular flexibility index (Phi) is 3.66. The number of tetrazole rings is 1. The van der Waals surface area contributed by atoms with Gasteiger partial charge in [-0.2, -0.15) is 0 Å². The predicted molar refractivity (Wildman–Crippen MR) is 57.4 cm³/mol. The molecule has 1 aliphatic rings. The molecule has 1 N–H and O–H groups in total. The van der Waals surface area contributed by atoms with Crippen molar-refractivity contribution in [3.05, 3.63) is 5.82 Å². The highest BCUT2D eigenvalue weighted by molar-refractivity contribution is 4.86. The standard InChI is InChI=1S/C10H19N5/c1-2-7-15-10(12-13-14-15)8-9-3-5-11-6-4-9/h9,11H,2-8H2,1H3. The second-order valence-electron chi connectivity index (χ2n) is 4.22. The monoisotopic (exact) mass is 209 g/mol. The normalized spacial score (nSPS) is 18.2. The maximum Gasteiger partial charge on any atom is 0.151 e. The van der Waals surface area contributed by atoms with E-state index in [1.165, 1.54) is 12.8 Å². The third-order valence-electron chi connectivity index (χ3n) is 2.97. The van der Waals surface area contributed by atoms with Crippen LogP contribution in [0, 0.1) is 5.92 Å². The Bertz CT molecular complexity index is 290. The number of nitrogens with one attached hydrogen (secondary N) is 1. The third kappa shape index (κ3) is 2.75. The van der Waals surface area contributed by atoms with E-state index in [1.807, 2.05) is 4.68 Å². The van der Waals surface area contributed by atoms with Crippen LogP contribution in [0.2, 0.25) is 0 Å². The van der Waals surface area contributed by atoms with E-state index in [4.69, 9.17) is 0 Å². The Morgan fingerprint density at radius 1 is 1.40 bits per heavy atom. The number of aryl methyl sites for hydroxylation is 1. The van der Waals surface area contributed by atoms with Gasteiger partial charge in [0.2, 0.25) is 0 Å². The molecule has 84 valence electrons. The van der Waals surface area contributed by atoms with Gasteiger partial charge in [-0.25, -0.2) is 4.68 Å². The average Bonchev–Trinajstić information content (AvgIpc) is 2.68. The first kappa shape index (κ1) is 10.5. The van der Waals surface area contributed by atoms with Crippen LogP contribution in [-0.2, 0) is 13.0 Å². The van der Waals surface area contributed by atoms with Gasteiger partial charge in [0.15, 0.2) is 5.82 Å². The molecular formula is C10H19N5. The van der Waals surface area contributed by atoms with Crippen molar-refractivity contribution >= 4 is 0 Å². The van der Waals surface area contributed by atoms with Crippen molar-refractivity contribution in [2.45, 2.75) is 39.2 Å². The van der Waals surface area contributed by atoms with Crippen LogP contribution in [0.4, 0.5) is 0 Å². The lowest BCUT2D eigenvalue weighted by Gasteiger charge is -2.21. The number of rotatable bonds is 4. The predicted octanol–water partition coefficient (Wildman–Crippen LogP) is 0.625. The summed E-state index contributed by atoms with van der Waals surface area (Å²) in [5, 5.41) is 15.3. The Morgan fingerprint density at radius 3 is 2.93 bits per heavy atom. The second-order valence-corrected chi connectivity index (χ2v) is 4.22. The van der Waals surface area contributed by atoms with Crippen LogP contribution in [0.1, 0.15) is 32.0 Å². The summed E-state index contributed by atoms with van der Waals surface area (Å²) in [6.45, 7) is 5.36. The summed E-state index contributed by atoms with van der Waals surface area (Å²) in [7, 11) is 0. The van der Waals surface area contributed by atoms with Crippen LogP contribution in [0.3, 0.4) is 0 Å². The SMILES string of the molecule is CCCn1nnnc1CC1CCNCC1. The lowest BCUT2D eigenvalue weighted by molar-refractivity contribution is 0.360. The zero-order valence-corrected chi connectivity index (χ0v) is 9.32. The van der Waals surface area contributed by atoms with Gasteiger partial charge in [-0.15, -0.1) is 5.10 Å². The maximum absolute atomic E-state index is 4.11. The van der Waals surface area contributed by atoms with E-state index in [9.17, 15) is 0 Å². The fourth-order valence-electron chi connectivity index (χ4n) is 2.10. The summed E-state index contributed by atoms with van der Waals surface area (Å²) < 4.78 is 1.95. The molecule has 0 spiro atoms. The van der Waals surface area contributed by atoms with Crippen LogP contribution in [-0.4, -0.2) is 33.3 Å². The van der Waals surface area contributed by atoms with Gasteiger partial charge in [-0.3, -0.25) is 0 Å². The summed E-state index contributed by atoms with van der Waals surface area (Å²) in [5.74, 6) is 1.82. The lowest BCUT2D eigenvalue weighted by Crippen LogP contribution is -2.29. The summed E-state index contributed by atoms with van der Waals surface area (Å²) in [6.07, 6.45) is 4.62. The van der Waals surface area contributed by atoms with E-state index in [0.717, 1.165) is 44.2 Å². The van der Waals surface area contributed by atoms with Crippen LogP contribution < -0.4 is 5.32 Å². The largest absolute Gasteiger partial charge is 0.317 e. The highest BCUT2D eigenvalue weighted by atomic mass is 15.5. The Hall–Kier alpha value is -0.970. The molecule has 0 aliphatic carbocycles. The van der Waals surface area contributed by atoms with Crippen molar-refractivity contribution in [1.82, 2.24) is 25.5 Å². The van der Waals surface area contributed by atoms with Crippen LogP contribution in [0.15, 0.2) is 0 Å². The highest BCUT2D eigenvalue weighted by Crippen LogP contribution is 2.16. The molecule has 1 aromatic heterocycles. The van der Waals surface area contributed by atoms with E-state index >= 15 is 0 Å². The highest BCUT2D eigenvalue weighted by Gasteiger charge is 2.16. The minimum atomic E-state index is 0.757. The molecule has 0 radical (unpaired) electrons. The molecule has 0 aromatic carbocycles. The molecule has 15 heavy (non-hydrogen) atoms. The maximum atomic E-state index is 4.11. The van der Waals surface area contributed by atoms with E-state index < -0.39 is 0 Å². The van der Waals surface area contributed by atoms with Crippen molar-refractivity contribution in [2.24, 2.45) is 5.92 Å². The molecule has 1 aromatic rings. The molecule has 2 heterocycles. The van der Waals surface area contributed by atoms with E-state index in [0.29, 0.717) is 0 Å². The second kappa shape index (κ2) is 5.21. The van der Waals surface area contributed by atoms with Crippen molar-refractivity contribution in [2.75, 3.05) is 13.1 Å². The van der Waals surface area contributed by atoms with Crippen molar-refractivity contribution in [1.29, 1.82) is 0 Å². The molecule has 2 rings (SSSR count). The Morgan fingerprint density at radius 2 is 2.20 bits per heavy atom. The summed E-state index contributed by atoms with van der Waals surface area (Å²) in [6, 6.07) is 0. The number of piperidine rings is 1. The fourth-order valence-corrected chi connectivity index (χ4v) is 2.10. The van der Waals surface area contributed by atoms with Gasteiger partial charge in [0.25, 0.3) is 0 Å². The molecule has 0 atom stereocenters. The van der Waals surface area contributed by atoms with Crippen LogP contribution in [0.5, 0.6) is 0 Å². The average molecular weight is 209 g/mol. The molecule has 1 saturated heterocycles. The Labute approximate surface area is 90.2 Å². The van der Waals surface area contributed by atoms with Gasteiger partial charge in [0.1, 0.15) is 0 Å². The first-order valence-corrected chi connectivity index (χ1v) is 5.86. The number of nitrogens with zero attached hydrogens (tertiary/aromatic N) is 4. The number of hydrogen-bond donors (Lipinski definition) is 1. The first-order chi connectivity index (χ1) is 7.40. The molecule has 0 saturated carbocycles. The molecule has 0 bridgehead atoms. The number of hydrogen-bond acceptors (Lipinski definition) is 4. The van der Waals surface area contributed by atoms with Crippen molar-refractivity contribution in [3.63, 3.8) is 0 Å². The molecule has 0 unspecified atom stereocenters. The molecule has 1 fully saturated rings. The summed E-state index contributed by atoms with van der Waals surface area (Å²) in [5.41, 5.74) is 0. The minimum Gasteiger partial charge on any atom is -0.317 e. The van der Waals surface area contributed by atoms with Gasteiger partial charge in [-0.1, -0.05) is 6.92 Å². The van der Waals surface area contributed by atoms with Crippen molar-refractivity contribution in [3.8, 4) is 0 Å². The molecule has 5 nitrogen and oxygen atoms in total. The third-order valence-corrected chi connectivity index (χ3v) is 2.97. The van der Waals surface area contributed by atoms with Gasteiger partial charge in [-0.05, 0) is 48.7 Å². The zero-order chi connectivity index (χ0) is 10.5. The molecular weight excluding hydrogens is 190 g/mol. The van der Waals surface area contributed by atoms with E-state index in [2.05, 4.69) is 27.8 Å². The first-order valence-electron chi connectivity index (χ1n) is 5.86. The fraction of sp³-hybridized carbons (Fsp3) is 0.900. The number of aromatic nitrogens is 4. The molecule has 1 aliphatic heterocycles. The lowest BCUT2D eigenvalue weighted by atomic mass is 9.94. The van der Waals surface area contributed by atoms with Gasteiger partial charge in [0, 0.05) is 13.0 Å². The zero-order valence-electron chi connectivity index (χ0n) is 9.32. The van der Waals surface area contributed by atoms with Gasteiger partial charge in [0.05, 0.1) is 0 Å². The van der Waals surface area contributed by atoms with Gasteiger partial charge >= 0.3 is 0 Å². The minimum absolute atomic E-state index is 0.757. The van der Waals surface area contributed by atoms with Crippen molar-refractivity contribution < 1.29 is 0 Å². The summed E-state index contributed by atoms with van der Waals surface area (Å²) >= 11 is 0. The topological polar surface area (TPSA) is 55.6 Å². The summed E-state index contributed by atoms with van der Waals surface area (Å²) in [4.78, 5) is 0. The smallest absolute Gasteiger partial charge is 0.151 e. The molecule has 0 amide bonds. The van der Waals surface area contributed by atoms with E-state index in [-0.39, 0.29) is 0 Å². The van der Waals surface area contributed by atoms with Crippen LogP contribution >= 0.6 is 0 Å². The van der Waals surface area contributed by atoms with E-state index in [1.54, 1.807) is 0 Å². The quantitative estimate of drug-likeness (QED) is 0.790. The van der Waals surface area contributed by atoms with Gasteiger partial charge < -0.3 is 5.32 Å². The molecule has 5 heteroatoms. The van der Waals surface area contributed by atoms with Crippen LogP contribution in [0.25, 0.3) is 0 Å². The Balaban J connectivity index is 1.93.